The predicted octanol–water partition coefficient (Wildman–Crippen LogP) is 2.64. The van der Waals surface area contributed by atoms with Crippen molar-refractivity contribution in [3.05, 3.63) is 23.4 Å². The second-order valence-corrected chi connectivity index (χ2v) is 3.02. The molecule has 78 valence electrons. The molecule has 0 radical (unpaired) electrons. The molecule has 0 bridgehead atoms. The van der Waals surface area contributed by atoms with Gasteiger partial charge in [-0.2, -0.15) is 13.2 Å². The number of nitrogens with zero attached hydrogens (tertiary/aromatic N) is 1. The SMILES string of the molecule is CCCc1cnc(N)c(C(F)(F)F)c1. The Kier molecular flexibility index (Phi) is 2.98. The Morgan fingerprint density at radius 3 is 2.57 bits per heavy atom. The molecule has 0 atom stereocenters. The van der Waals surface area contributed by atoms with Crippen LogP contribution in [-0.4, -0.2) is 4.98 Å². The summed E-state index contributed by atoms with van der Waals surface area (Å²) < 4.78 is 37.0. The summed E-state index contributed by atoms with van der Waals surface area (Å²) in [5.74, 6) is -0.461. The molecule has 1 aromatic heterocycles. The molecular weight excluding hydrogens is 193 g/mol. The van der Waals surface area contributed by atoms with Crippen LogP contribution in [0.15, 0.2) is 12.3 Å². The minimum Gasteiger partial charge on any atom is -0.383 e. The van der Waals surface area contributed by atoms with E-state index in [2.05, 4.69) is 4.98 Å². The number of hydrogen-bond acceptors (Lipinski definition) is 2. The van der Waals surface area contributed by atoms with E-state index in [-0.39, 0.29) is 0 Å². The monoisotopic (exact) mass is 204 g/mol. The van der Waals surface area contributed by atoms with Crippen LogP contribution in [0.2, 0.25) is 0 Å². The Morgan fingerprint density at radius 1 is 1.43 bits per heavy atom. The molecule has 0 fully saturated rings. The number of nitrogen functional groups attached to an aromatic ring is 1. The first-order chi connectivity index (χ1) is 6.45. The molecule has 0 aliphatic rings. The molecule has 5 heteroatoms. The summed E-state index contributed by atoms with van der Waals surface area (Å²) in [6, 6.07) is 1.06. The fourth-order valence-electron chi connectivity index (χ4n) is 1.17. The molecule has 0 aromatic carbocycles. The number of alkyl halides is 3. The van der Waals surface area contributed by atoms with Crippen LogP contribution in [0.25, 0.3) is 0 Å². The van der Waals surface area contributed by atoms with Gasteiger partial charge in [0.2, 0.25) is 0 Å². The van der Waals surface area contributed by atoms with E-state index in [1.165, 1.54) is 6.20 Å². The van der Waals surface area contributed by atoms with Gasteiger partial charge in [-0.15, -0.1) is 0 Å². The van der Waals surface area contributed by atoms with Crippen LogP contribution in [0.1, 0.15) is 24.5 Å². The largest absolute Gasteiger partial charge is 0.419 e. The lowest BCUT2D eigenvalue weighted by atomic mass is 10.1. The summed E-state index contributed by atoms with van der Waals surface area (Å²) in [6.45, 7) is 1.89. The number of hydrogen-bond donors (Lipinski definition) is 1. The zero-order valence-electron chi connectivity index (χ0n) is 7.73. The zero-order chi connectivity index (χ0) is 10.8. The molecule has 0 spiro atoms. The van der Waals surface area contributed by atoms with Gasteiger partial charge in [-0.05, 0) is 18.1 Å². The minimum absolute atomic E-state index is 0.461. The van der Waals surface area contributed by atoms with E-state index in [1.807, 2.05) is 6.92 Å². The molecule has 0 saturated carbocycles. The van der Waals surface area contributed by atoms with Crippen LogP contribution in [0.4, 0.5) is 19.0 Å². The first-order valence-electron chi connectivity index (χ1n) is 4.26. The summed E-state index contributed by atoms with van der Waals surface area (Å²) in [4.78, 5) is 3.52. The third-order valence-corrected chi connectivity index (χ3v) is 1.82. The average Bonchev–Trinajstić information content (AvgIpc) is 2.07. The molecule has 1 rings (SSSR count). The quantitative estimate of drug-likeness (QED) is 0.804. The summed E-state index contributed by atoms with van der Waals surface area (Å²) >= 11 is 0. The third-order valence-electron chi connectivity index (χ3n) is 1.82. The Balaban J connectivity index is 3.09. The summed E-state index contributed by atoms with van der Waals surface area (Å²) in [5, 5.41) is 0. The molecule has 0 saturated heterocycles. The van der Waals surface area contributed by atoms with Gasteiger partial charge in [0.25, 0.3) is 0 Å². The Hall–Kier alpha value is -1.26. The van der Waals surface area contributed by atoms with Gasteiger partial charge in [0, 0.05) is 6.20 Å². The van der Waals surface area contributed by atoms with Gasteiger partial charge in [-0.1, -0.05) is 13.3 Å². The predicted molar refractivity (Wildman–Crippen MR) is 47.6 cm³/mol. The summed E-state index contributed by atoms with van der Waals surface area (Å²) in [5.41, 5.74) is 4.86. The maximum absolute atomic E-state index is 12.3. The van der Waals surface area contributed by atoms with Crippen LogP contribution in [0.3, 0.4) is 0 Å². The first kappa shape index (κ1) is 10.8. The lowest BCUT2D eigenvalue weighted by molar-refractivity contribution is -0.137. The van der Waals surface area contributed by atoms with Crippen molar-refractivity contribution in [2.45, 2.75) is 25.9 Å². The molecule has 14 heavy (non-hydrogen) atoms. The fraction of sp³-hybridized carbons (Fsp3) is 0.444. The van der Waals surface area contributed by atoms with Gasteiger partial charge in [-0.3, -0.25) is 0 Å². The number of anilines is 1. The molecule has 0 aliphatic carbocycles. The highest BCUT2D eigenvalue weighted by Crippen LogP contribution is 2.32. The van der Waals surface area contributed by atoms with E-state index in [0.717, 1.165) is 12.5 Å². The molecule has 0 unspecified atom stereocenters. The van der Waals surface area contributed by atoms with Crippen LogP contribution in [0, 0.1) is 0 Å². The maximum Gasteiger partial charge on any atom is 0.419 e. The van der Waals surface area contributed by atoms with E-state index < -0.39 is 17.6 Å². The summed E-state index contributed by atoms with van der Waals surface area (Å²) in [6.07, 6.45) is -1.67. The molecule has 0 amide bonds. The maximum atomic E-state index is 12.3. The van der Waals surface area contributed by atoms with Gasteiger partial charge >= 0.3 is 6.18 Å². The molecule has 0 aliphatic heterocycles. The highest BCUT2D eigenvalue weighted by molar-refractivity contribution is 5.42. The average molecular weight is 204 g/mol. The van der Waals surface area contributed by atoms with Crippen LogP contribution in [-0.2, 0) is 12.6 Å². The van der Waals surface area contributed by atoms with Crippen molar-refractivity contribution in [1.82, 2.24) is 4.98 Å². The van der Waals surface area contributed by atoms with Crippen molar-refractivity contribution in [2.24, 2.45) is 0 Å². The van der Waals surface area contributed by atoms with Crippen LogP contribution < -0.4 is 5.73 Å². The zero-order valence-corrected chi connectivity index (χ0v) is 7.73. The lowest BCUT2D eigenvalue weighted by Crippen LogP contribution is -2.11. The van der Waals surface area contributed by atoms with E-state index in [9.17, 15) is 13.2 Å². The Labute approximate surface area is 79.9 Å². The molecule has 1 heterocycles. The second kappa shape index (κ2) is 3.86. The highest BCUT2D eigenvalue weighted by atomic mass is 19.4. The van der Waals surface area contributed by atoms with Gasteiger partial charge in [0.15, 0.2) is 0 Å². The fourth-order valence-corrected chi connectivity index (χ4v) is 1.17. The van der Waals surface area contributed by atoms with E-state index in [1.54, 1.807) is 0 Å². The van der Waals surface area contributed by atoms with Gasteiger partial charge < -0.3 is 5.73 Å². The number of aromatic nitrogens is 1. The van der Waals surface area contributed by atoms with E-state index in [4.69, 9.17) is 5.73 Å². The van der Waals surface area contributed by atoms with E-state index in [0.29, 0.717) is 12.0 Å². The first-order valence-corrected chi connectivity index (χ1v) is 4.26. The molecule has 1 aromatic rings. The van der Waals surface area contributed by atoms with Gasteiger partial charge in [-0.25, -0.2) is 4.98 Å². The van der Waals surface area contributed by atoms with Crippen LogP contribution >= 0.6 is 0 Å². The van der Waals surface area contributed by atoms with Crippen molar-refractivity contribution in [3.63, 3.8) is 0 Å². The lowest BCUT2D eigenvalue weighted by Gasteiger charge is -2.10. The van der Waals surface area contributed by atoms with Crippen molar-refractivity contribution in [3.8, 4) is 0 Å². The number of halogens is 3. The van der Waals surface area contributed by atoms with E-state index >= 15 is 0 Å². The van der Waals surface area contributed by atoms with Crippen molar-refractivity contribution >= 4 is 5.82 Å². The van der Waals surface area contributed by atoms with Crippen molar-refractivity contribution in [1.29, 1.82) is 0 Å². The topological polar surface area (TPSA) is 38.9 Å². The minimum atomic E-state index is -4.42. The third kappa shape index (κ3) is 2.37. The number of rotatable bonds is 2. The van der Waals surface area contributed by atoms with Crippen molar-refractivity contribution < 1.29 is 13.2 Å². The molecule has 2 N–H and O–H groups in total. The molecule has 2 nitrogen and oxygen atoms in total. The van der Waals surface area contributed by atoms with Crippen LogP contribution in [0.5, 0.6) is 0 Å². The molecular formula is C9H11F3N2. The second-order valence-electron chi connectivity index (χ2n) is 3.02. The Morgan fingerprint density at radius 2 is 2.07 bits per heavy atom. The van der Waals surface area contributed by atoms with Gasteiger partial charge in [0.05, 0.1) is 5.56 Å². The normalized spacial score (nSPS) is 11.7. The standard InChI is InChI=1S/C9H11F3N2/c1-2-3-6-4-7(9(10,11)12)8(13)14-5-6/h4-5H,2-3H2,1H3,(H2,13,14). The number of aryl methyl sites for hydroxylation is 1. The highest BCUT2D eigenvalue weighted by Gasteiger charge is 2.33. The van der Waals surface area contributed by atoms with Gasteiger partial charge in [0.1, 0.15) is 5.82 Å². The number of pyridine rings is 1. The summed E-state index contributed by atoms with van der Waals surface area (Å²) in [7, 11) is 0. The smallest absolute Gasteiger partial charge is 0.383 e. The number of nitrogens with two attached hydrogens (primary N) is 1. The van der Waals surface area contributed by atoms with Crippen molar-refractivity contribution in [2.75, 3.05) is 5.73 Å². The Bertz CT molecular complexity index is 320.